The van der Waals surface area contributed by atoms with Gasteiger partial charge in [0.25, 0.3) is 5.91 Å². The number of urea groups is 1. The van der Waals surface area contributed by atoms with Gasteiger partial charge in [0.05, 0.1) is 19.0 Å². The van der Waals surface area contributed by atoms with E-state index in [1.807, 2.05) is 43.3 Å². The van der Waals surface area contributed by atoms with Crippen molar-refractivity contribution in [2.45, 2.75) is 64.0 Å². The fourth-order valence-corrected chi connectivity index (χ4v) is 5.80. The maximum absolute atomic E-state index is 13.8. The van der Waals surface area contributed by atoms with Crippen LogP contribution in [0.3, 0.4) is 0 Å². The number of carboxylic acid groups (broad SMARTS) is 1. The largest absolute Gasteiger partial charge is 0.481 e. The summed E-state index contributed by atoms with van der Waals surface area (Å²) < 4.78 is 0. The Morgan fingerprint density at radius 2 is 1.56 bits per heavy atom. The fourth-order valence-electron chi connectivity index (χ4n) is 5.80. The summed E-state index contributed by atoms with van der Waals surface area (Å²) in [4.78, 5) is 38.7. The van der Waals surface area contributed by atoms with E-state index in [-0.39, 0.29) is 30.9 Å². The molecule has 0 radical (unpaired) electrons. The number of fused-ring (bicyclic) bond motifs is 1. The van der Waals surface area contributed by atoms with Crippen LogP contribution in [-0.4, -0.2) is 29.6 Å². The van der Waals surface area contributed by atoms with Crippen molar-refractivity contribution in [3.05, 3.63) is 113 Å². The zero-order chi connectivity index (χ0) is 30.2. The van der Waals surface area contributed by atoms with Gasteiger partial charge >= 0.3 is 12.0 Å². The average molecular weight is 578 g/mol. The van der Waals surface area contributed by atoms with Crippen LogP contribution in [0.25, 0.3) is 10.8 Å². The lowest BCUT2D eigenvalue weighted by Gasteiger charge is -2.27. The molecule has 0 bridgehead atoms. The van der Waals surface area contributed by atoms with Crippen LogP contribution < -0.4 is 15.5 Å². The normalized spacial score (nSPS) is 14.2. The lowest BCUT2D eigenvalue weighted by molar-refractivity contribution is -0.136. The maximum atomic E-state index is 13.8. The van der Waals surface area contributed by atoms with Crippen molar-refractivity contribution in [2.24, 2.45) is 0 Å². The highest BCUT2D eigenvalue weighted by atomic mass is 16.4. The Morgan fingerprint density at radius 1 is 0.860 bits per heavy atom. The number of hydrogen-bond acceptors (Lipinski definition) is 3. The summed E-state index contributed by atoms with van der Waals surface area (Å²) in [7, 11) is 0. The predicted molar refractivity (Wildman–Crippen MR) is 170 cm³/mol. The second kappa shape index (κ2) is 14.0. The first-order chi connectivity index (χ1) is 20.9. The number of benzene rings is 4. The van der Waals surface area contributed by atoms with Crippen LogP contribution >= 0.6 is 0 Å². The number of carbonyl (C=O) groups excluding carboxylic acids is 2. The summed E-state index contributed by atoms with van der Waals surface area (Å²) in [6.07, 6.45) is 6.13. The van der Waals surface area contributed by atoms with Gasteiger partial charge in [-0.05, 0) is 83.5 Å². The number of nitrogens with one attached hydrogen (secondary N) is 2. The van der Waals surface area contributed by atoms with Gasteiger partial charge in [-0.15, -0.1) is 0 Å². The lowest BCUT2D eigenvalue weighted by atomic mass is 9.84. The number of aliphatic carboxylic acids is 1. The van der Waals surface area contributed by atoms with Crippen molar-refractivity contribution in [1.82, 2.24) is 10.6 Å². The number of anilines is 1. The van der Waals surface area contributed by atoms with Gasteiger partial charge in [-0.1, -0.05) is 79.9 Å². The van der Waals surface area contributed by atoms with Gasteiger partial charge in [-0.3, -0.25) is 14.5 Å². The number of amides is 3. The molecule has 0 saturated heterocycles. The third-order valence-electron chi connectivity index (χ3n) is 8.32. The predicted octanol–water partition coefficient (Wildman–Crippen LogP) is 7.57. The van der Waals surface area contributed by atoms with E-state index in [1.165, 1.54) is 37.7 Å². The fraction of sp³-hybridized carbons (Fsp3) is 0.306. The average Bonchev–Trinajstić information content (AvgIpc) is 3.04. The Labute approximate surface area is 252 Å². The molecule has 43 heavy (non-hydrogen) atoms. The number of rotatable bonds is 10. The van der Waals surface area contributed by atoms with Crippen molar-refractivity contribution < 1.29 is 19.5 Å². The molecule has 1 fully saturated rings. The lowest BCUT2D eigenvalue weighted by Crippen LogP contribution is -2.40. The molecule has 7 nitrogen and oxygen atoms in total. The van der Waals surface area contributed by atoms with E-state index in [0.717, 1.165) is 27.6 Å². The van der Waals surface area contributed by atoms with Gasteiger partial charge in [-0.25, -0.2) is 4.79 Å². The molecule has 0 spiro atoms. The quantitative estimate of drug-likeness (QED) is 0.181. The molecule has 0 aliphatic heterocycles. The number of carboxylic acids is 1. The molecule has 0 heterocycles. The zero-order valence-corrected chi connectivity index (χ0v) is 24.6. The minimum atomic E-state index is -0.962. The molecular formula is C36H39N3O4. The van der Waals surface area contributed by atoms with Gasteiger partial charge in [0.1, 0.15) is 0 Å². The van der Waals surface area contributed by atoms with Gasteiger partial charge in [0.2, 0.25) is 0 Å². The summed E-state index contributed by atoms with van der Waals surface area (Å²) in [5.41, 5.74) is 4.46. The van der Waals surface area contributed by atoms with Crippen molar-refractivity contribution in [3.8, 4) is 0 Å². The van der Waals surface area contributed by atoms with Crippen LogP contribution in [-0.2, 0) is 11.3 Å². The summed E-state index contributed by atoms with van der Waals surface area (Å²) in [5.74, 6) is -0.715. The highest BCUT2D eigenvalue weighted by Gasteiger charge is 2.21. The summed E-state index contributed by atoms with van der Waals surface area (Å²) >= 11 is 0. The molecule has 0 aromatic heterocycles. The van der Waals surface area contributed by atoms with Crippen LogP contribution in [0.1, 0.15) is 84.5 Å². The van der Waals surface area contributed by atoms with Gasteiger partial charge < -0.3 is 15.7 Å². The Morgan fingerprint density at radius 3 is 2.26 bits per heavy atom. The zero-order valence-electron chi connectivity index (χ0n) is 24.6. The van der Waals surface area contributed by atoms with Gasteiger partial charge in [0, 0.05) is 17.8 Å². The molecular weight excluding hydrogens is 538 g/mol. The molecule has 1 saturated carbocycles. The number of nitrogens with zero attached hydrogens (tertiary/aromatic N) is 1. The highest BCUT2D eigenvalue weighted by molar-refractivity contribution is 5.95. The topological polar surface area (TPSA) is 98.7 Å². The summed E-state index contributed by atoms with van der Waals surface area (Å²) in [6.45, 7) is 2.38. The third kappa shape index (κ3) is 7.80. The molecule has 3 N–H and O–H groups in total. The molecule has 0 unspecified atom stereocenters. The highest BCUT2D eigenvalue weighted by Crippen LogP contribution is 2.33. The molecule has 1 aliphatic carbocycles. The standard InChI is InChI=1S/C36H39N3O4/c1-25(31-16-15-28-9-5-6-10-32(28)23-31)38-36(43)39(33-19-17-29(18-20-33)27-7-3-2-4-8-27)24-26-11-13-30(14-12-26)35(42)37-22-21-34(40)41/h5-6,9-20,23,25,27H,2-4,7-8,21-22,24H2,1H3,(H,37,42)(H,38,43)(H,40,41)/t25-/m1/s1. The van der Waals surface area contributed by atoms with Crippen LogP contribution in [0.4, 0.5) is 10.5 Å². The van der Waals surface area contributed by atoms with E-state index in [1.54, 1.807) is 17.0 Å². The molecule has 222 valence electrons. The van der Waals surface area contributed by atoms with Crippen LogP contribution in [0.15, 0.2) is 91.0 Å². The first-order valence-electron chi connectivity index (χ1n) is 15.1. The Hall–Kier alpha value is -4.65. The van der Waals surface area contributed by atoms with Crippen molar-refractivity contribution in [3.63, 3.8) is 0 Å². The molecule has 4 aromatic rings. The van der Waals surface area contributed by atoms with Gasteiger partial charge in [-0.2, -0.15) is 0 Å². The molecule has 5 rings (SSSR count). The summed E-state index contributed by atoms with van der Waals surface area (Å²) in [5, 5.41) is 16.9. The SMILES string of the molecule is C[C@@H](NC(=O)N(Cc1ccc(C(=O)NCCC(=O)O)cc1)c1ccc(C2CCCCC2)cc1)c1ccc2ccccc2c1. The number of hydrogen-bond donors (Lipinski definition) is 3. The first kappa shape index (κ1) is 29.8. The van der Waals surface area contributed by atoms with E-state index in [0.29, 0.717) is 18.0 Å². The van der Waals surface area contributed by atoms with Crippen molar-refractivity contribution in [1.29, 1.82) is 0 Å². The third-order valence-corrected chi connectivity index (χ3v) is 8.32. The summed E-state index contributed by atoms with van der Waals surface area (Å²) in [6, 6.07) is 29.4. The van der Waals surface area contributed by atoms with E-state index in [2.05, 4.69) is 53.1 Å². The molecule has 1 atom stereocenters. The minimum absolute atomic E-state index is 0.0656. The first-order valence-corrected chi connectivity index (χ1v) is 15.1. The van der Waals surface area contributed by atoms with Crippen LogP contribution in [0.5, 0.6) is 0 Å². The second-order valence-corrected chi connectivity index (χ2v) is 11.4. The van der Waals surface area contributed by atoms with E-state index < -0.39 is 5.97 Å². The Balaban J connectivity index is 1.34. The van der Waals surface area contributed by atoms with E-state index in [4.69, 9.17) is 5.11 Å². The number of carbonyl (C=O) groups is 3. The Bertz CT molecular complexity index is 1560. The molecule has 3 amide bonds. The van der Waals surface area contributed by atoms with E-state index in [9.17, 15) is 14.4 Å². The maximum Gasteiger partial charge on any atom is 0.322 e. The van der Waals surface area contributed by atoms with Crippen molar-refractivity contribution in [2.75, 3.05) is 11.4 Å². The van der Waals surface area contributed by atoms with Crippen LogP contribution in [0, 0.1) is 0 Å². The molecule has 1 aliphatic rings. The van der Waals surface area contributed by atoms with Crippen molar-refractivity contribution >= 4 is 34.4 Å². The van der Waals surface area contributed by atoms with Crippen LogP contribution in [0.2, 0.25) is 0 Å². The minimum Gasteiger partial charge on any atom is -0.481 e. The van der Waals surface area contributed by atoms with Gasteiger partial charge in [0.15, 0.2) is 0 Å². The smallest absolute Gasteiger partial charge is 0.322 e. The Kier molecular flexibility index (Phi) is 9.72. The monoisotopic (exact) mass is 577 g/mol. The second-order valence-electron chi connectivity index (χ2n) is 11.4. The molecule has 4 aromatic carbocycles. The molecule has 7 heteroatoms. The van der Waals surface area contributed by atoms with E-state index >= 15 is 0 Å².